The maximum Gasteiger partial charge on any atom is 0.282 e. The SMILES string of the molecule is C[C@@H]1C[C@H](C)CN(S(=O)(=O)N2CCC[C@H](C3OCCO3)C2)C1. The zero-order chi connectivity index (χ0) is 15.7. The topological polar surface area (TPSA) is 59.1 Å². The third kappa shape index (κ3) is 3.48. The molecule has 0 saturated carbocycles. The molecule has 3 aliphatic heterocycles. The molecule has 0 N–H and O–H groups in total. The minimum atomic E-state index is -3.36. The highest BCUT2D eigenvalue weighted by Crippen LogP contribution is 2.30. The van der Waals surface area contributed by atoms with Gasteiger partial charge < -0.3 is 9.47 Å². The summed E-state index contributed by atoms with van der Waals surface area (Å²) >= 11 is 0. The van der Waals surface area contributed by atoms with Gasteiger partial charge in [0.05, 0.1) is 13.2 Å². The second-order valence-corrected chi connectivity index (χ2v) is 9.07. The van der Waals surface area contributed by atoms with Gasteiger partial charge in [0.25, 0.3) is 10.2 Å². The minimum absolute atomic E-state index is 0.158. The van der Waals surface area contributed by atoms with E-state index in [1.54, 1.807) is 8.61 Å². The fraction of sp³-hybridized carbons (Fsp3) is 1.00. The van der Waals surface area contributed by atoms with Crippen LogP contribution in [0.15, 0.2) is 0 Å². The molecule has 0 spiro atoms. The van der Waals surface area contributed by atoms with Crippen LogP contribution in [0.1, 0.15) is 33.1 Å². The summed E-state index contributed by atoms with van der Waals surface area (Å²) in [5, 5.41) is 0. The van der Waals surface area contributed by atoms with Crippen molar-refractivity contribution in [3.8, 4) is 0 Å². The van der Waals surface area contributed by atoms with Crippen molar-refractivity contribution < 1.29 is 17.9 Å². The Morgan fingerprint density at radius 3 is 2.23 bits per heavy atom. The molecule has 3 saturated heterocycles. The van der Waals surface area contributed by atoms with E-state index in [1.165, 1.54) is 0 Å². The first-order chi connectivity index (χ1) is 10.5. The first kappa shape index (κ1) is 16.6. The normalized spacial score (nSPS) is 36.7. The van der Waals surface area contributed by atoms with Gasteiger partial charge in [0.15, 0.2) is 6.29 Å². The fourth-order valence-corrected chi connectivity index (χ4v) is 5.96. The maximum atomic E-state index is 13.0. The highest BCUT2D eigenvalue weighted by Gasteiger charge is 2.39. The van der Waals surface area contributed by atoms with Gasteiger partial charge in [-0.05, 0) is 31.1 Å². The van der Waals surface area contributed by atoms with Crippen molar-refractivity contribution >= 4 is 10.2 Å². The third-order valence-corrected chi connectivity index (χ3v) is 6.88. The first-order valence-electron chi connectivity index (χ1n) is 8.45. The lowest BCUT2D eigenvalue weighted by Gasteiger charge is -2.40. The van der Waals surface area contributed by atoms with Crippen LogP contribution in [0.2, 0.25) is 0 Å². The fourth-order valence-electron chi connectivity index (χ4n) is 4.01. The van der Waals surface area contributed by atoms with Crippen LogP contribution in [-0.4, -0.2) is 62.7 Å². The molecular formula is C15H28N2O4S. The van der Waals surface area contributed by atoms with Crippen molar-refractivity contribution in [1.82, 2.24) is 8.61 Å². The molecule has 0 radical (unpaired) electrons. The standard InChI is InChI=1S/C15H28N2O4S/c1-12-8-13(2)10-17(9-12)22(18,19)16-5-3-4-14(11-16)15-20-6-7-21-15/h12-15H,3-11H2,1-2H3/t12-,13+,14-/m0/s1. The van der Waals surface area contributed by atoms with E-state index in [9.17, 15) is 8.42 Å². The number of ether oxygens (including phenoxy) is 2. The van der Waals surface area contributed by atoms with Gasteiger partial charge in [0.1, 0.15) is 0 Å². The van der Waals surface area contributed by atoms with Crippen LogP contribution in [0.5, 0.6) is 0 Å². The lowest BCUT2D eigenvalue weighted by atomic mass is 9.94. The Balaban J connectivity index is 1.68. The van der Waals surface area contributed by atoms with E-state index in [1.807, 2.05) is 0 Å². The molecule has 0 bridgehead atoms. The zero-order valence-corrected chi connectivity index (χ0v) is 14.4. The molecule has 22 heavy (non-hydrogen) atoms. The second kappa shape index (κ2) is 6.73. The van der Waals surface area contributed by atoms with E-state index in [2.05, 4.69) is 13.8 Å². The van der Waals surface area contributed by atoms with E-state index >= 15 is 0 Å². The molecular weight excluding hydrogens is 304 g/mol. The number of nitrogens with zero attached hydrogens (tertiary/aromatic N) is 2. The van der Waals surface area contributed by atoms with Gasteiger partial charge in [0.2, 0.25) is 0 Å². The van der Waals surface area contributed by atoms with Gasteiger partial charge in [-0.15, -0.1) is 0 Å². The van der Waals surface area contributed by atoms with Gasteiger partial charge in [-0.3, -0.25) is 0 Å². The van der Waals surface area contributed by atoms with Crippen LogP contribution in [0.25, 0.3) is 0 Å². The lowest BCUT2D eigenvalue weighted by molar-refractivity contribution is -0.0943. The molecule has 128 valence electrons. The molecule has 0 aromatic heterocycles. The average Bonchev–Trinajstić information content (AvgIpc) is 3.00. The summed E-state index contributed by atoms with van der Waals surface area (Å²) in [6, 6.07) is 0. The van der Waals surface area contributed by atoms with Crippen molar-refractivity contribution in [2.45, 2.75) is 39.4 Å². The quantitative estimate of drug-likeness (QED) is 0.781. The molecule has 3 atom stereocenters. The summed E-state index contributed by atoms with van der Waals surface area (Å²) < 4.78 is 40.4. The molecule has 0 aromatic carbocycles. The van der Waals surface area contributed by atoms with Gasteiger partial charge in [0, 0.05) is 32.1 Å². The van der Waals surface area contributed by atoms with Gasteiger partial charge in [-0.1, -0.05) is 13.8 Å². The van der Waals surface area contributed by atoms with E-state index in [4.69, 9.17) is 9.47 Å². The molecule has 3 fully saturated rings. The summed E-state index contributed by atoms with van der Waals surface area (Å²) in [4.78, 5) is 0. The zero-order valence-electron chi connectivity index (χ0n) is 13.6. The molecule has 3 rings (SSSR count). The smallest absolute Gasteiger partial charge is 0.282 e. The van der Waals surface area contributed by atoms with Crippen LogP contribution in [0, 0.1) is 17.8 Å². The largest absolute Gasteiger partial charge is 0.350 e. The Bertz CT molecular complexity index is 468. The number of piperidine rings is 2. The Kier molecular flexibility index (Phi) is 5.09. The van der Waals surface area contributed by atoms with E-state index in [0.29, 0.717) is 51.2 Å². The predicted molar refractivity (Wildman–Crippen MR) is 83.4 cm³/mol. The molecule has 6 nitrogen and oxygen atoms in total. The number of hydrogen-bond acceptors (Lipinski definition) is 4. The van der Waals surface area contributed by atoms with E-state index in [0.717, 1.165) is 19.3 Å². The molecule has 3 heterocycles. The van der Waals surface area contributed by atoms with Crippen molar-refractivity contribution in [2.24, 2.45) is 17.8 Å². The van der Waals surface area contributed by atoms with Crippen molar-refractivity contribution in [2.75, 3.05) is 39.4 Å². The minimum Gasteiger partial charge on any atom is -0.350 e. The predicted octanol–water partition coefficient (Wildman–Crippen LogP) is 1.29. The Labute approximate surface area is 133 Å². The Morgan fingerprint density at radius 1 is 0.955 bits per heavy atom. The lowest BCUT2D eigenvalue weighted by Crippen LogP contribution is -2.53. The molecule has 0 amide bonds. The van der Waals surface area contributed by atoms with Gasteiger partial charge in [-0.2, -0.15) is 17.0 Å². The molecule has 0 aliphatic carbocycles. The second-order valence-electron chi connectivity index (χ2n) is 7.14. The van der Waals surface area contributed by atoms with Crippen LogP contribution >= 0.6 is 0 Å². The van der Waals surface area contributed by atoms with Crippen molar-refractivity contribution in [1.29, 1.82) is 0 Å². The van der Waals surface area contributed by atoms with Crippen LogP contribution in [0.3, 0.4) is 0 Å². The van der Waals surface area contributed by atoms with Gasteiger partial charge >= 0.3 is 0 Å². The van der Waals surface area contributed by atoms with E-state index < -0.39 is 10.2 Å². The van der Waals surface area contributed by atoms with Crippen LogP contribution in [-0.2, 0) is 19.7 Å². The first-order valence-corrected chi connectivity index (χ1v) is 9.85. The maximum absolute atomic E-state index is 13.0. The summed E-state index contributed by atoms with van der Waals surface area (Å²) in [6.07, 6.45) is 2.74. The van der Waals surface area contributed by atoms with Crippen LogP contribution < -0.4 is 0 Å². The molecule has 0 aromatic rings. The number of rotatable bonds is 3. The summed E-state index contributed by atoms with van der Waals surface area (Å²) in [7, 11) is -3.36. The van der Waals surface area contributed by atoms with Crippen molar-refractivity contribution in [3.63, 3.8) is 0 Å². The number of hydrogen-bond donors (Lipinski definition) is 0. The summed E-state index contributed by atoms with van der Waals surface area (Å²) in [5.41, 5.74) is 0. The average molecular weight is 332 g/mol. The molecule has 0 unspecified atom stereocenters. The monoisotopic (exact) mass is 332 g/mol. The Hall–Kier alpha value is -0.210. The summed E-state index contributed by atoms with van der Waals surface area (Å²) in [6.45, 7) is 7.94. The van der Waals surface area contributed by atoms with E-state index in [-0.39, 0.29) is 12.2 Å². The van der Waals surface area contributed by atoms with Crippen LogP contribution in [0.4, 0.5) is 0 Å². The Morgan fingerprint density at radius 2 is 1.59 bits per heavy atom. The van der Waals surface area contributed by atoms with Gasteiger partial charge in [-0.25, -0.2) is 0 Å². The highest BCUT2D eigenvalue weighted by molar-refractivity contribution is 7.86. The molecule has 3 aliphatic rings. The highest BCUT2D eigenvalue weighted by atomic mass is 32.2. The molecule has 7 heteroatoms. The summed E-state index contributed by atoms with van der Waals surface area (Å²) in [5.74, 6) is 1.02. The van der Waals surface area contributed by atoms with Crippen molar-refractivity contribution in [3.05, 3.63) is 0 Å². The third-order valence-electron chi connectivity index (χ3n) is 4.94.